The normalized spacial score (nSPS) is 10.5. The van der Waals surface area contributed by atoms with Crippen molar-refractivity contribution in [2.45, 2.75) is 0 Å². The molecule has 3 aromatic rings. The van der Waals surface area contributed by atoms with Crippen LogP contribution in [0.3, 0.4) is 0 Å². The van der Waals surface area contributed by atoms with Crippen LogP contribution in [-0.2, 0) is 0 Å². The van der Waals surface area contributed by atoms with Gasteiger partial charge in [0, 0.05) is 11.6 Å². The average molecular weight is 387 g/mol. The average Bonchev–Trinajstić information content (AvgIpc) is 2.98. The molecule has 0 radical (unpaired) electrons. The Bertz CT molecular complexity index is 875. The van der Waals surface area contributed by atoms with Gasteiger partial charge in [-0.3, -0.25) is 4.79 Å². The summed E-state index contributed by atoms with van der Waals surface area (Å²) in [4.78, 5) is 11.6. The van der Waals surface area contributed by atoms with Gasteiger partial charge in [-0.15, -0.1) is 0 Å². The third kappa shape index (κ3) is 2.80. The van der Waals surface area contributed by atoms with E-state index in [1.54, 1.807) is 25.0 Å². The van der Waals surface area contributed by atoms with Gasteiger partial charge in [-0.25, -0.2) is 4.68 Å². The number of benzene rings is 2. The standard InChI is InChI=1S/C18H15BrN2O3/c1-23-13-8-9-14(16(10-13)24-2)17-15(11-22)18(19)21(20-17)12-6-4-3-5-7-12/h3-11H,1-2H3. The van der Waals surface area contributed by atoms with E-state index in [0.717, 1.165) is 17.5 Å². The fraction of sp³-hybridized carbons (Fsp3) is 0.111. The molecule has 0 saturated carbocycles. The van der Waals surface area contributed by atoms with Crippen LogP contribution < -0.4 is 9.47 Å². The van der Waals surface area contributed by atoms with Crippen LogP contribution in [0, 0.1) is 0 Å². The van der Waals surface area contributed by atoms with Crippen LogP contribution in [-0.4, -0.2) is 30.3 Å². The maximum atomic E-state index is 11.6. The zero-order valence-electron chi connectivity index (χ0n) is 13.2. The van der Waals surface area contributed by atoms with E-state index in [2.05, 4.69) is 21.0 Å². The van der Waals surface area contributed by atoms with Crippen molar-refractivity contribution in [3.8, 4) is 28.4 Å². The Morgan fingerprint density at radius 1 is 1.08 bits per heavy atom. The molecule has 0 amide bonds. The zero-order chi connectivity index (χ0) is 17.1. The maximum absolute atomic E-state index is 11.6. The van der Waals surface area contributed by atoms with Crippen molar-refractivity contribution in [3.05, 3.63) is 58.7 Å². The number of carbonyl (C=O) groups is 1. The van der Waals surface area contributed by atoms with Gasteiger partial charge in [-0.05, 0) is 40.2 Å². The molecule has 1 aromatic heterocycles. The largest absolute Gasteiger partial charge is 0.497 e. The number of rotatable bonds is 5. The van der Waals surface area contributed by atoms with Crippen molar-refractivity contribution >= 4 is 22.2 Å². The molecular formula is C18H15BrN2O3. The minimum Gasteiger partial charge on any atom is -0.497 e. The van der Waals surface area contributed by atoms with E-state index < -0.39 is 0 Å². The van der Waals surface area contributed by atoms with Crippen molar-refractivity contribution in [1.29, 1.82) is 0 Å². The number of para-hydroxylation sites is 1. The van der Waals surface area contributed by atoms with E-state index in [-0.39, 0.29) is 0 Å². The molecule has 0 aliphatic heterocycles. The van der Waals surface area contributed by atoms with Gasteiger partial charge in [0.05, 0.1) is 25.5 Å². The molecule has 0 bridgehead atoms. The lowest BCUT2D eigenvalue weighted by molar-refractivity contribution is 0.112. The van der Waals surface area contributed by atoms with Gasteiger partial charge in [0.15, 0.2) is 6.29 Å². The van der Waals surface area contributed by atoms with Crippen molar-refractivity contribution in [3.63, 3.8) is 0 Å². The maximum Gasteiger partial charge on any atom is 0.155 e. The molecule has 2 aromatic carbocycles. The van der Waals surface area contributed by atoms with E-state index in [9.17, 15) is 4.79 Å². The molecule has 6 heteroatoms. The van der Waals surface area contributed by atoms with Gasteiger partial charge < -0.3 is 9.47 Å². The van der Waals surface area contributed by atoms with Crippen LogP contribution in [0.15, 0.2) is 53.1 Å². The summed E-state index contributed by atoms with van der Waals surface area (Å²) >= 11 is 3.47. The highest BCUT2D eigenvalue weighted by Gasteiger charge is 2.21. The Balaban J connectivity index is 2.21. The van der Waals surface area contributed by atoms with E-state index in [1.165, 1.54) is 0 Å². The van der Waals surface area contributed by atoms with Gasteiger partial charge >= 0.3 is 0 Å². The van der Waals surface area contributed by atoms with E-state index in [0.29, 0.717) is 27.4 Å². The Labute approximate surface area is 148 Å². The lowest BCUT2D eigenvalue weighted by atomic mass is 10.1. The Morgan fingerprint density at radius 2 is 1.83 bits per heavy atom. The third-order valence-electron chi connectivity index (χ3n) is 3.65. The zero-order valence-corrected chi connectivity index (χ0v) is 14.8. The molecule has 0 aliphatic carbocycles. The molecule has 3 rings (SSSR count). The molecule has 5 nitrogen and oxygen atoms in total. The van der Waals surface area contributed by atoms with E-state index in [1.807, 2.05) is 42.5 Å². The lowest BCUT2D eigenvalue weighted by Crippen LogP contribution is -1.97. The van der Waals surface area contributed by atoms with Crippen LogP contribution in [0.5, 0.6) is 11.5 Å². The summed E-state index contributed by atoms with van der Waals surface area (Å²) in [6.45, 7) is 0. The number of aromatic nitrogens is 2. The summed E-state index contributed by atoms with van der Waals surface area (Å²) in [6.07, 6.45) is 0.787. The van der Waals surface area contributed by atoms with Crippen LogP contribution in [0.4, 0.5) is 0 Å². The Kier molecular flexibility index (Phi) is 4.66. The van der Waals surface area contributed by atoms with Crippen LogP contribution in [0.2, 0.25) is 0 Å². The molecule has 0 spiro atoms. The first-order valence-electron chi connectivity index (χ1n) is 7.21. The quantitative estimate of drug-likeness (QED) is 0.618. The van der Waals surface area contributed by atoms with Crippen molar-refractivity contribution in [2.24, 2.45) is 0 Å². The number of aldehydes is 1. The molecular weight excluding hydrogens is 372 g/mol. The first-order chi connectivity index (χ1) is 11.7. The first kappa shape index (κ1) is 16.3. The highest BCUT2D eigenvalue weighted by atomic mass is 79.9. The number of hydrogen-bond donors (Lipinski definition) is 0. The minimum absolute atomic E-state index is 0.460. The molecule has 0 atom stereocenters. The Morgan fingerprint density at radius 3 is 2.46 bits per heavy atom. The van der Waals surface area contributed by atoms with Crippen LogP contribution in [0.1, 0.15) is 10.4 Å². The van der Waals surface area contributed by atoms with Crippen LogP contribution >= 0.6 is 15.9 Å². The van der Waals surface area contributed by atoms with Gasteiger partial charge in [0.25, 0.3) is 0 Å². The first-order valence-corrected chi connectivity index (χ1v) is 8.00. The van der Waals surface area contributed by atoms with Gasteiger partial charge in [0.1, 0.15) is 21.8 Å². The summed E-state index contributed by atoms with van der Waals surface area (Å²) in [5.41, 5.74) is 2.57. The lowest BCUT2D eigenvalue weighted by Gasteiger charge is -2.09. The summed E-state index contributed by atoms with van der Waals surface area (Å²) in [7, 11) is 3.16. The number of hydrogen-bond acceptors (Lipinski definition) is 4. The van der Waals surface area contributed by atoms with Crippen LogP contribution in [0.25, 0.3) is 16.9 Å². The molecule has 0 N–H and O–H groups in total. The summed E-state index contributed by atoms with van der Waals surface area (Å²) in [5, 5.41) is 4.60. The summed E-state index contributed by atoms with van der Waals surface area (Å²) in [5.74, 6) is 1.26. The van der Waals surface area contributed by atoms with Crippen molar-refractivity contribution in [1.82, 2.24) is 9.78 Å². The molecule has 24 heavy (non-hydrogen) atoms. The molecule has 122 valence electrons. The number of ether oxygens (including phenoxy) is 2. The molecule has 0 saturated heterocycles. The molecule has 0 unspecified atom stereocenters. The van der Waals surface area contributed by atoms with Crippen molar-refractivity contribution in [2.75, 3.05) is 14.2 Å². The van der Waals surface area contributed by atoms with Gasteiger partial charge in [0.2, 0.25) is 0 Å². The molecule has 0 fully saturated rings. The minimum atomic E-state index is 0.460. The second-order valence-corrected chi connectivity index (χ2v) is 5.74. The second-order valence-electron chi connectivity index (χ2n) is 4.98. The predicted octanol–water partition coefficient (Wildman–Crippen LogP) is 4.13. The smallest absolute Gasteiger partial charge is 0.155 e. The second kappa shape index (κ2) is 6.88. The topological polar surface area (TPSA) is 53.4 Å². The fourth-order valence-corrected chi connectivity index (χ4v) is 3.01. The predicted molar refractivity (Wildman–Crippen MR) is 95.2 cm³/mol. The number of halogens is 1. The number of methoxy groups -OCH3 is 2. The highest BCUT2D eigenvalue weighted by molar-refractivity contribution is 9.10. The Hall–Kier alpha value is -2.60. The SMILES string of the molecule is COc1ccc(-c2nn(-c3ccccc3)c(Br)c2C=O)c(OC)c1. The molecule has 1 heterocycles. The van der Waals surface area contributed by atoms with Gasteiger partial charge in [-0.2, -0.15) is 5.10 Å². The summed E-state index contributed by atoms with van der Waals surface area (Å²) < 4.78 is 12.9. The van der Waals surface area contributed by atoms with Crippen molar-refractivity contribution < 1.29 is 14.3 Å². The summed E-state index contributed by atoms with van der Waals surface area (Å²) in [6, 6.07) is 15.0. The molecule has 0 aliphatic rings. The highest BCUT2D eigenvalue weighted by Crippen LogP contribution is 2.37. The van der Waals surface area contributed by atoms with E-state index >= 15 is 0 Å². The van der Waals surface area contributed by atoms with E-state index in [4.69, 9.17) is 9.47 Å². The third-order valence-corrected chi connectivity index (χ3v) is 4.41. The monoisotopic (exact) mass is 386 g/mol. The fourth-order valence-electron chi connectivity index (χ4n) is 2.45. The number of carbonyl (C=O) groups excluding carboxylic acids is 1. The van der Waals surface area contributed by atoms with Gasteiger partial charge in [-0.1, -0.05) is 18.2 Å². The number of nitrogens with zero attached hydrogens (tertiary/aromatic N) is 2.